The molecule has 0 spiro atoms. The highest BCUT2D eigenvalue weighted by molar-refractivity contribution is 7.89. The van der Waals surface area contributed by atoms with Gasteiger partial charge in [-0.3, -0.25) is 0 Å². The van der Waals surface area contributed by atoms with Crippen LogP contribution in [0.3, 0.4) is 0 Å². The molecular formula is C16H20N2O2S. The molecule has 0 atom stereocenters. The maximum Gasteiger partial charge on any atom is 0.240 e. The molecule has 5 heteroatoms. The molecule has 21 heavy (non-hydrogen) atoms. The van der Waals surface area contributed by atoms with E-state index in [1.54, 1.807) is 12.1 Å². The maximum absolute atomic E-state index is 12.1. The highest BCUT2D eigenvalue weighted by Crippen LogP contribution is 2.17. The Kier molecular flexibility index (Phi) is 4.98. The molecule has 0 heterocycles. The minimum atomic E-state index is -3.48. The van der Waals surface area contributed by atoms with Gasteiger partial charge in [0.05, 0.1) is 4.90 Å². The minimum absolute atomic E-state index is 0.213. The third kappa shape index (κ3) is 4.31. The second kappa shape index (κ2) is 6.74. The molecule has 0 aliphatic heterocycles. The Balaban J connectivity index is 1.91. The predicted molar refractivity (Wildman–Crippen MR) is 85.5 cm³/mol. The average Bonchev–Trinajstić information content (AvgIpc) is 2.47. The van der Waals surface area contributed by atoms with E-state index in [1.165, 1.54) is 11.6 Å². The number of anilines is 1. The van der Waals surface area contributed by atoms with Crippen LogP contribution >= 0.6 is 0 Å². The van der Waals surface area contributed by atoms with E-state index in [0.29, 0.717) is 12.2 Å². The molecule has 0 saturated heterocycles. The van der Waals surface area contributed by atoms with Gasteiger partial charge >= 0.3 is 0 Å². The Morgan fingerprint density at radius 3 is 2.48 bits per heavy atom. The zero-order chi connectivity index (χ0) is 15.3. The molecule has 0 bridgehead atoms. The SMILES string of the molecule is Cc1ccc(S(=O)(=O)NCCCc2ccccc2)cc1N. The lowest BCUT2D eigenvalue weighted by Gasteiger charge is -2.08. The Labute approximate surface area is 126 Å². The highest BCUT2D eigenvalue weighted by Gasteiger charge is 2.13. The number of nitrogen functional groups attached to an aromatic ring is 1. The van der Waals surface area contributed by atoms with E-state index in [1.807, 2.05) is 37.3 Å². The first-order chi connectivity index (χ1) is 9.99. The summed E-state index contributed by atoms with van der Waals surface area (Å²) in [6.07, 6.45) is 1.60. The first kappa shape index (κ1) is 15.5. The van der Waals surface area contributed by atoms with Crippen molar-refractivity contribution in [2.75, 3.05) is 12.3 Å². The summed E-state index contributed by atoms with van der Waals surface area (Å²) in [7, 11) is -3.48. The third-order valence-corrected chi connectivity index (χ3v) is 4.80. The van der Waals surface area contributed by atoms with E-state index in [-0.39, 0.29) is 4.90 Å². The number of hydrogen-bond donors (Lipinski definition) is 2. The average molecular weight is 304 g/mol. The van der Waals surface area contributed by atoms with Crippen LogP contribution in [-0.4, -0.2) is 15.0 Å². The summed E-state index contributed by atoms with van der Waals surface area (Å²) >= 11 is 0. The summed E-state index contributed by atoms with van der Waals surface area (Å²) < 4.78 is 26.9. The molecule has 0 aliphatic carbocycles. The zero-order valence-corrected chi connectivity index (χ0v) is 12.9. The number of aryl methyl sites for hydroxylation is 2. The minimum Gasteiger partial charge on any atom is -0.398 e. The summed E-state index contributed by atoms with van der Waals surface area (Å²) in [5.41, 5.74) is 8.32. The molecule has 2 rings (SSSR count). The van der Waals surface area contributed by atoms with Crippen molar-refractivity contribution in [1.82, 2.24) is 4.72 Å². The topological polar surface area (TPSA) is 72.2 Å². The first-order valence-corrected chi connectivity index (χ1v) is 8.37. The van der Waals surface area contributed by atoms with Crippen molar-refractivity contribution >= 4 is 15.7 Å². The fourth-order valence-corrected chi connectivity index (χ4v) is 3.12. The van der Waals surface area contributed by atoms with Crippen molar-refractivity contribution in [2.24, 2.45) is 0 Å². The first-order valence-electron chi connectivity index (χ1n) is 6.89. The number of nitrogens with two attached hydrogens (primary N) is 1. The normalized spacial score (nSPS) is 11.5. The van der Waals surface area contributed by atoms with E-state index < -0.39 is 10.0 Å². The summed E-state index contributed by atoms with van der Waals surface area (Å²) in [6.45, 7) is 2.25. The largest absolute Gasteiger partial charge is 0.398 e. The van der Waals surface area contributed by atoms with Crippen LogP contribution in [0.1, 0.15) is 17.5 Å². The van der Waals surface area contributed by atoms with Gasteiger partial charge in [-0.15, -0.1) is 0 Å². The lowest BCUT2D eigenvalue weighted by molar-refractivity contribution is 0.579. The summed E-state index contributed by atoms with van der Waals surface area (Å²) in [5, 5.41) is 0. The van der Waals surface area contributed by atoms with Crippen LogP contribution in [-0.2, 0) is 16.4 Å². The Morgan fingerprint density at radius 2 is 1.81 bits per heavy atom. The van der Waals surface area contributed by atoms with Crippen molar-refractivity contribution in [1.29, 1.82) is 0 Å². The van der Waals surface area contributed by atoms with Gasteiger partial charge < -0.3 is 5.73 Å². The van der Waals surface area contributed by atoms with Crippen LogP contribution in [0.5, 0.6) is 0 Å². The Hall–Kier alpha value is -1.85. The summed E-state index contributed by atoms with van der Waals surface area (Å²) in [6, 6.07) is 14.8. The van der Waals surface area contributed by atoms with Gasteiger partial charge in [0, 0.05) is 12.2 Å². The van der Waals surface area contributed by atoms with Crippen molar-refractivity contribution in [3.05, 3.63) is 59.7 Å². The molecular weight excluding hydrogens is 284 g/mol. The van der Waals surface area contributed by atoms with Gasteiger partial charge in [0.2, 0.25) is 10.0 Å². The van der Waals surface area contributed by atoms with Crippen LogP contribution in [0.25, 0.3) is 0 Å². The molecule has 0 unspecified atom stereocenters. The van der Waals surface area contributed by atoms with E-state index in [4.69, 9.17) is 5.73 Å². The Morgan fingerprint density at radius 1 is 1.10 bits per heavy atom. The quantitative estimate of drug-likeness (QED) is 0.636. The van der Waals surface area contributed by atoms with Crippen molar-refractivity contribution in [3.63, 3.8) is 0 Å². The number of benzene rings is 2. The second-order valence-corrected chi connectivity index (χ2v) is 6.77. The van der Waals surface area contributed by atoms with Gasteiger partial charge in [0.15, 0.2) is 0 Å². The van der Waals surface area contributed by atoms with Crippen LogP contribution in [0.2, 0.25) is 0 Å². The van der Waals surface area contributed by atoms with E-state index >= 15 is 0 Å². The predicted octanol–water partition coefficient (Wildman–Crippen LogP) is 2.49. The molecule has 2 aromatic carbocycles. The molecule has 0 aromatic heterocycles. The lowest BCUT2D eigenvalue weighted by atomic mass is 10.1. The van der Waals surface area contributed by atoms with E-state index in [2.05, 4.69) is 4.72 Å². The molecule has 0 saturated carbocycles. The zero-order valence-electron chi connectivity index (χ0n) is 12.0. The monoisotopic (exact) mass is 304 g/mol. The molecule has 0 amide bonds. The van der Waals surface area contributed by atoms with Crippen LogP contribution < -0.4 is 10.5 Å². The number of hydrogen-bond acceptors (Lipinski definition) is 3. The van der Waals surface area contributed by atoms with Crippen molar-refractivity contribution in [3.8, 4) is 0 Å². The van der Waals surface area contributed by atoms with E-state index in [0.717, 1.165) is 18.4 Å². The highest BCUT2D eigenvalue weighted by atomic mass is 32.2. The van der Waals surface area contributed by atoms with Crippen molar-refractivity contribution in [2.45, 2.75) is 24.7 Å². The Bertz CT molecular complexity index is 697. The fraction of sp³-hybridized carbons (Fsp3) is 0.250. The van der Waals surface area contributed by atoms with Crippen LogP contribution in [0.4, 0.5) is 5.69 Å². The number of nitrogens with one attached hydrogen (secondary N) is 1. The van der Waals surface area contributed by atoms with Gasteiger partial charge in [-0.1, -0.05) is 36.4 Å². The molecule has 112 valence electrons. The van der Waals surface area contributed by atoms with Gasteiger partial charge in [-0.25, -0.2) is 13.1 Å². The second-order valence-electron chi connectivity index (χ2n) is 5.01. The molecule has 3 N–H and O–H groups in total. The van der Waals surface area contributed by atoms with Gasteiger partial charge in [0.1, 0.15) is 0 Å². The standard InChI is InChI=1S/C16H20N2O2S/c1-13-9-10-15(12-16(13)17)21(19,20)18-11-5-8-14-6-3-2-4-7-14/h2-4,6-7,9-10,12,18H,5,8,11,17H2,1H3. The lowest BCUT2D eigenvalue weighted by Crippen LogP contribution is -2.25. The smallest absolute Gasteiger partial charge is 0.240 e. The van der Waals surface area contributed by atoms with E-state index in [9.17, 15) is 8.42 Å². The van der Waals surface area contributed by atoms with Crippen molar-refractivity contribution < 1.29 is 8.42 Å². The molecule has 0 aliphatic rings. The molecule has 4 nitrogen and oxygen atoms in total. The number of rotatable bonds is 6. The van der Waals surface area contributed by atoms with Crippen LogP contribution in [0, 0.1) is 6.92 Å². The molecule has 2 aromatic rings. The maximum atomic E-state index is 12.1. The van der Waals surface area contributed by atoms with Crippen LogP contribution in [0.15, 0.2) is 53.4 Å². The van der Waals surface area contributed by atoms with Gasteiger partial charge in [0.25, 0.3) is 0 Å². The van der Waals surface area contributed by atoms with Gasteiger partial charge in [-0.2, -0.15) is 0 Å². The summed E-state index contributed by atoms with van der Waals surface area (Å²) in [5.74, 6) is 0. The number of sulfonamides is 1. The summed E-state index contributed by atoms with van der Waals surface area (Å²) in [4.78, 5) is 0.213. The molecule has 0 fully saturated rings. The third-order valence-electron chi connectivity index (χ3n) is 3.34. The van der Waals surface area contributed by atoms with Gasteiger partial charge in [-0.05, 0) is 43.0 Å². The fourth-order valence-electron chi connectivity index (χ4n) is 2.01. The molecule has 0 radical (unpaired) electrons.